The molecule has 1 aliphatic heterocycles. The van der Waals surface area contributed by atoms with E-state index in [0.717, 1.165) is 4.90 Å². The Morgan fingerprint density at radius 2 is 1.59 bits per heavy atom. The highest BCUT2D eigenvalue weighted by Gasteiger charge is 2.36. The molecule has 0 aromatic heterocycles. The molecule has 0 spiro atoms. The third-order valence-electron chi connectivity index (χ3n) is 3.78. The van der Waals surface area contributed by atoms with E-state index in [9.17, 15) is 24.5 Å². The normalized spacial score (nSPS) is 12.5. The molecule has 0 fully saturated rings. The summed E-state index contributed by atoms with van der Waals surface area (Å²) in [5.74, 6) is -1.84. The quantitative estimate of drug-likeness (QED) is 0.356. The van der Waals surface area contributed by atoms with Crippen LogP contribution in [0.2, 0.25) is 0 Å². The topological polar surface area (TPSA) is 122 Å². The van der Waals surface area contributed by atoms with Crippen LogP contribution in [0.3, 0.4) is 0 Å². The van der Waals surface area contributed by atoms with E-state index in [2.05, 4.69) is 10.6 Å². The number of para-hydroxylation sites is 2. The molecule has 27 heavy (non-hydrogen) atoms. The third-order valence-corrected chi connectivity index (χ3v) is 3.99. The molecule has 9 nitrogen and oxygen atoms in total. The first kappa shape index (κ1) is 18.1. The zero-order valence-electron chi connectivity index (χ0n) is 13.7. The molecular weight excluding hydrogens is 372 g/mol. The van der Waals surface area contributed by atoms with E-state index in [1.165, 1.54) is 30.3 Å². The number of nitro benzene ring substituents is 1. The second-order valence-electron chi connectivity index (χ2n) is 5.52. The molecular formula is C17H12N4O5S. The van der Waals surface area contributed by atoms with Gasteiger partial charge < -0.3 is 10.6 Å². The van der Waals surface area contributed by atoms with Gasteiger partial charge in [0, 0.05) is 6.07 Å². The Bertz CT molecular complexity index is 956. The zero-order chi connectivity index (χ0) is 19.6. The van der Waals surface area contributed by atoms with Crippen LogP contribution in [0.5, 0.6) is 0 Å². The van der Waals surface area contributed by atoms with Gasteiger partial charge >= 0.3 is 0 Å². The summed E-state index contributed by atoms with van der Waals surface area (Å²) < 4.78 is 0. The van der Waals surface area contributed by atoms with Crippen LogP contribution in [0.1, 0.15) is 20.7 Å². The molecule has 3 rings (SSSR count). The molecule has 2 aromatic rings. The highest BCUT2D eigenvalue weighted by Crippen LogP contribution is 2.23. The number of anilines is 1. The SMILES string of the molecule is O=C(CN1C(=O)c2ccccc2C1=O)NC(=S)Nc1ccccc1[N+](=O)[O-]. The minimum atomic E-state index is -0.708. The Balaban J connectivity index is 1.64. The maximum atomic E-state index is 12.2. The Morgan fingerprint density at radius 1 is 1.04 bits per heavy atom. The average molecular weight is 384 g/mol. The molecule has 0 bridgehead atoms. The molecule has 0 unspecified atom stereocenters. The molecule has 0 saturated heterocycles. The number of amides is 3. The first-order chi connectivity index (χ1) is 12.9. The van der Waals surface area contributed by atoms with E-state index in [4.69, 9.17) is 12.2 Å². The average Bonchev–Trinajstić information content (AvgIpc) is 2.87. The van der Waals surface area contributed by atoms with E-state index < -0.39 is 29.2 Å². The Morgan fingerprint density at radius 3 is 2.19 bits per heavy atom. The van der Waals surface area contributed by atoms with Crippen LogP contribution in [0.25, 0.3) is 0 Å². The Kier molecular flexibility index (Phi) is 4.90. The van der Waals surface area contributed by atoms with Crippen LogP contribution in [-0.2, 0) is 4.79 Å². The fourth-order valence-electron chi connectivity index (χ4n) is 2.58. The number of hydrogen-bond acceptors (Lipinski definition) is 6. The molecule has 0 radical (unpaired) electrons. The van der Waals surface area contributed by atoms with Crippen molar-refractivity contribution in [2.75, 3.05) is 11.9 Å². The number of rotatable bonds is 4. The van der Waals surface area contributed by atoms with Crippen LogP contribution in [0.4, 0.5) is 11.4 Å². The maximum absolute atomic E-state index is 12.2. The number of carbonyl (C=O) groups excluding carboxylic acids is 3. The number of benzene rings is 2. The van der Waals surface area contributed by atoms with Gasteiger partial charge in [-0.15, -0.1) is 0 Å². The second-order valence-corrected chi connectivity index (χ2v) is 5.93. The van der Waals surface area contributed by atoms with Crippen molar-refractivity contribution in [3.8, 4) is 0 Å². The maximum Gasteiger partial charge on any atom is 0.292 e. The van der Waals surface area contributed by atoms with E-state index in [1.807, 2.05) is 0 Å². The van der Waals surface area contributed by atoms with E-state index in [-0.39, 0.29) is 27.6 Å². The number of fused-ring (bicyclic) bond motifs is 1. The Labute approximate surface area is 158 Å². The number of imide groups is 1. The number of nitrogens with one attached hydrogen (secondary N) is 2. The highest BCUT2D eigenvalue weighted by molar-refractivity contribution is 7.80. The fraction of sp³-hybridized carbons (Fsp3) is 0.0588. The van der Waals surface area contributed by atoms with Crippen LogP contribution < -0.4 is 10.6 Å². The van der Waals surface area contributed by atoms with Crippen molar-refractivity contribution >= 4 is 46.4 Å². The van der Waals surface area contributed by atoms with Crippen molar-refractivity contribution in [2.24, 2.45) is 0 Å². The molecule has 2 N–H and O–H groups in total. The largest absolute Gasteiger partial charge is 0.327 e. The van der Waals surface area contributed by atoms with Crippen LogP contribution in [-0.4, -0.2) is 39.2 Å². The van der Waals surface area contributed by atoms with Crippen molar-refractivity contribution < 1.29 is 19.3 Å². The van der Waals surface area contributed by atoms with Crippen molar-refractivity contribution in [1.29, 1.82) is 0 Å². The van der Waals surface area contributed by atoms with Crippen LogP contribution >= 0.6 is 12.2 Å². The predicted molar refractivity (Wildman–Crippen MR) is 99.3 cm³/mol. The third kappa shape index (κ3) is 3.65. The summed E-state index contributed by atoms with van der Waals surface area (Å²) in [6, 6.07) is 12.0. The monoisotopic (exact) mass is 384 g/mol. The first-order valence-electron chi connectivity index (χ1n) is 7.68. The molecule has 0 saturated carbocycles. The molecule has 10 heteroatoms. The van der Waals surface area contributed by atoms with Gasteiger partial charge in [0.05, 0.1) is 16.1 Å². The molecule has 1 aliphatic rings. The standard InChI is InChI=1S/C17H12N4O5S/c22-14(9-20-15(23)10-5-1-2-6-11(10)16(20)24)19-17(27)18-12-7-3-4-8-13(12)21(25)26/h1-8H,9H2,(H2,18,19,22,27). The molecule has 1 heterocycles. The van der Waals surface area contributed by atoms with Crippen LogP contribution in [0.15, 0.2) is 48.5 Å². The summed E-state index contributed by atoms with van der Waals surface area (Å²) in [6.45, 7) is -0.523. The van der Waals surface area contributed by atoms with Gasteiger partial charge in [0.15, 0.2) is 5.11 Å². The number of carbonyl (C=O) groups is 3. The van der Waals surface area contributed by atoms with E-state index in [1.54, 1.807) is 18.2 Å². The molecule has 0 aliphatic carbocycles. The number of nitro groups is 1. The van der Waals surface area contributed by atoms with Crippen molar-refractivity contribution in [3.63, 3.8) is 0 Å². The molecule has 3 amide bonds. The minimum Gasteiger partial charge on any atom is -0.327 e. The van der Waals surface area contributed by atoms with Crippen LogP contribution in [0, 0.1) is 10.1 Å². The van der Waals surface area contributed by atoms with E-state index >= 15 is 0 Å². The second kappa shape index (κ2) is 7.30. The lowest BCUT2D eigenvalue weighted by molar-refractivity contribution is -0.383. The Hall–Kier alpha value is -3.66. The number of hydrogen-bond donors (Lipinski definition) is 2. The van der Waals surface area contributed by atoms with Crippen molar-refractivity contribution in [1.82, 2.24) is 10.2 Å². The summed E-state index contributed by atoms with van der Waals surface area (Å²) >= 11 is 4.97. The molecule has 2 aromatic carbocycles. The lowest BCUT2D eigenvalue weighted by Crippen LogP contribution is -2.43. The number of thiocarbonyl (C=S) groups is 1. The summed E-state index contributed by atoms with van der Waals surface area (Å²) in [6.07, 6.45) is 0. The lowest BCUT2D eigenvalue weighted by Gasteiger charge is -2.14. The van der Waals surface area contributed by atoms with Gasteiger partial charge in [-0.1, -0.05) is 24.3 Å². The first-order valence-corrected chi connectivity index (χ1v) is 8.09. The van der Waals surface area contributed by atoms with Gasteiger partial charge in [0.2, 0.25) is 5.91 Å². The van der Waals surface area contributed by atoms with Gasteiger partial charge in [0.25, 0.3) is 17.5 Å². The number of nitrogens with zero attached hydrogens (tertiary/aromatic N) is 2. The van der Waals surface area contributed by atoms with Gasteiger partial charge in [-0.05, 0) is 30.4 Å². The van der Waals surface area contributed by atoms with Gasteiger partial charge in [-0.2, -0.15) is 0 Å². The van der Waals surface area contributed by atoms with Gasteiger partial charge in [0.1, 0.15) is 12.2 Å². The summed E-state index contributed by atoms with van der Waals surface area (Å²) in [4.78, 5) is 47.8. The summed E-state index contributed by atoms with van der Waals surface area (Å²) in [5, 5.41) is 15.7. The summed E-state index contributed by atoms with van der Waals surface area (Å²) in [7, 11) is 0. The minimum absolute atomic E-state index is 0.105. The highest BCUT2D eigenvalue weighted by atomic mass is 32.1. The van der Waals surface area contributed by atoms with Gasteiger partial charge in [-0.3, -0.25) is 29.4 Å². The lowest BCUT2D eigenvalue weighted by atomic mass is 10.1. The fourth-order valence-corrected chi connectivity index (χ4v) is 2.81. The van der Waals surface area contributed by atoms with Gasteiger partial charge in [-0.25, -0.2) is 0 Å². The summed E-state index contributed by atoms with van der Waals surface area (Å²) in [5.41, 5.74) is 0.356. The molecule has 136 valence electrons. The smallest absolute Gasteiger partial charge is 0.292 e. The zero-order valence-corrected chi connectivity index (χ0v) is 14.5. The van der Waals surface area contributed by atoms with Crippen molar-refractivity contribution in [3.05, 3.63) is 69.8 Å². The van der Waals surface area contributed by atoms with E-state index in [0.29, 0.717) is 0 Å². The molecule has 0 atom stereocenters. The van der Waals surface area contributed by atoms with Crippen molar-refractivity contribution in [2.45, 2.75) is 0 Å². The predicted octanol–water partition coefficient (Wildman–Crippen LogP) is 1.70.